The molecule has 12 nitrogen and oxygen atoms in total. The van der Waals surface area contributed by atoms with Gasteiger partial charge in [-0.3, -0.25) is 14.1 Å². The topological polar surface area (TPSA) is 137 Å². The maximum absolute atomic E-state index is 14.0. The minimum atomic E-state index is -3.50. The van der Waals surface area contributed by atoms with Gasteiger partial charge in [0.2, 0.25) is 10.0 Å². The van der Waals surface area contributed by atoms with E-state index in [0.717, 1.165) is 39.9 Å². The van der Waals surface area contributed by atoms with E-state index in [9.17, 15) is 13.2 Å². The summed E-state index contributed by atoms with van der Waals surface area (Å²) in [6, 6.07) is 17.3. The molecular weight excluding hydrogens is 657 g/mol. The smallest absolute Gasteiger partial charge is 0.282 e. The van der Waals surface area contributed by atoms with E-state index in [-0.39, 0.29) is 12.3 Å². The molecule has 49 heavy (non-hydrogen) atoms. The van der Waals surface area contributed by atoms with Crippen molar-refractivity contribution in [2.75, 3.05) is 22.9 Å². The Hall–Kier alpha value is -4.79. The number of sulfonamides is 1. The number of hydrogen-bond acceptors (Lipinski definition) is 8. The molecule has 1 atom stereocenters. The van der Waals surface area contributed by atoms with Gasteiger partial charge < -0.3 is 14.6 Å². The van der Waals surface area contributed by atoms with Gasteiger partial charge in [0.25, 0.3) is 5.56 Å². The highest BCUT2D eigenvalue weighted by atomic mass is 32.2. The van der Waals surface area contributed by atoms with E-state index in [1.54, 1.807) is 21.3 Å². The van der Waals surface area contributed by atoms with Crippen molar-refractivity contribution < 1.29 is 13.2 Å². The highest BCUT2D eigenvalue weighted by Crippen LogP contribution is 2.38. The summed E-state index contributed by atoms with van der Waals surface area (Å²) in [7, 11) is -4.80. The van der Waals surface area contributed by atoms with Gasteiger partial charge in [0.15, 0.2) is 5.82 Å². The van der Waals surface area contributed by atoms with E-state index in [2.05, 4.69) is 34.7 Å². The monoisotopic (exact) mass is 698 g/mol. The zero-order valence-electron chi connectivity index (χ0n) is 28.9. The standard InChI is InChI=1S/C35H42N8O4SSi/c1-23-13-14-26(40-48(4,45)46)19-28(23)29-20-41(22-47-17-18-49(5,6)7)34-30(29)32(36-21-37-34)38-25(3)33-39-42-16-15-24(2)31(42)35(44)43(33)27-11-9-8-10-12-27/h8-16,19-21,25,40H,17-18,22H2,1-7H3,(H,36,37,38)/t25-/m0/s1. The average Bonchev–Trinajstić information content (AvgIpc) is 3.60. The minimum absolute atomic E-state index is 0.173. The number of anilines is 2. The molecule has 2 N–H and O–H groups in total. The third kappa shape index (κ3) is 7.31. The van der Waals surface area contributed by atoms with Crippen molar-refractivity contribution in [3.63, 3.8) is 0 Å². The van der Waals surface area contributed by atoms with Crippen molar-refractivity contribution in [3.05, 3.63) is 101 Å². The van der Waals surface area contributed by atoms with Gasteiger partial charge in [0, 0.05) is 38.3 Å². The minimum Gasteiger partial charge on any atom is -0.361 e. The Morgan fingerprint density at radius 3 is 2.45 bits per heavy atom. The average molecular weight is 699 g/mol. The lowest BCUT2D eigenvalue weighted by Gasteiger charge is -2.20. The number of aromatic nitrogens is 6. The molecule has 0 bridgehead atoms. The first-order valence-corrected chi connectivity index (χ1v) is 21.7. The van der Waals surface area contributed by atoms with E-state index in [0.29, 0.717) is 40.8 Å². The van der Waals surface area contributed by atoms with Crippen LogP contribution in [-0.2, 0) is 21.5 Å². The fourth-order valence-electron chi connectivity index (χ4n) is 5.87. The molecular formula is C35H42N8O4SSi. The van der Waals surface area contributed by atoms with Crippen molar-refractivity contribution in [2.24, 2.45) is 0 Å². The predicted molar refractivity (Wildman–Crippen MR) is 198 cm³/mol. The summed E-state index contributed by atoms with van der Waals surface area (Å²) < 4.78 is 38.2. The summed E-state index contributed by atoms with van der Waals surface area (Å²) in [5, 5.41) is 9.19. The van der Waals surface area contributed by atoms with E-state index in [1.165, 1.54) is 6.33 Å². The van der Waals surface area contributed by atoms with Crippen molar-refractivity contribution in [1.29, 1.82) is 0 Å². The van der Waals surface area contributed by atoms with Crippen LogP contribution < -0.4 is 15.6 Å². The Kier molecular flexibility index (Phi) is 9.22. The first kappa shape index (κ1) is 34.1. The number of fused-ring (bicyclic) bond motifs is 2. The molecule has 0 aliphatic heterocycles. The summed E-state index contributed by atoms with van der Waals surface area (Å²) in [6.45, 7) is 13.7. The number of rotatable bonds is 12. The number of nitrogens with zero attached hydrogens (tertiary/aromatic N) is 6. The molecule has 2 aromatic carbocycles. The lowest BCUT2D eigenvalue weighted by Crippen LogP contribution is -2.29. The van der Waals surface area contributed by atoms with E-state index in [4.69, 9.17) is 14.8 Å². The quantitative estimate of drug-likeness (QED) is 0.111. The number of aryl methyl sites for hydroxylation is 2. The summed E-state index contributed by atoms with van der Waals surface area (Å²) in [5.74, 6) is 1.03. The summed E-state index contributed by atoms with van der Waals surface area (Å²) in [4.78, 5) is 23.4. The van der Waals surface area contributed by atoms with Crippen LogP contribution in [0.4, 0.5) is 11.5 Å². The first-order valence-electron chi connectivity index (χ1n) is 16.1. The molecule has 0 saturated heterocycles. The molecule has 0 spiro atoms. The molecule has 6 aromatic rings. The van der Waals surface area contributed by atoms with Gasteiger partial charge in [0.1, 0.15) is 30.0 Å². The molecule has 256 valence electrons. The number of para-hydroxylation sites is 1. The lowest BCUT2D eigenvalue weighted by molar-refractivity contribution is 0.0899. The summed E-state index contributed by atoms with van der Waals surface area (Å²) in [5.41, 5.74) is 5.53. The van der Waals surface area contributed by atoms with E-state index in [1.807, 2.05) is 80.1 Å². The third-order valence-electron chi connectivity index (χ3n) is 8.38. The Morgan fingerprint density at radius 1 is 0.980 bits per heavy atom. The van der Waals surface area contributed by atoms with Crippen LogP contribution in [0.25, 0.3) is 33.4 Å². The number of hydrogen-bond donors (Lipinski definition) is 2. The second-order valence-electron chi connectivity index (χ2n) is 13.7. The molecule has 6 rings (SSSR count). The Labute approximate surface area is 286 Å². The Bertz CT molecular complexity index is 2330. The fourth-order valence-corrected chi connectivity index (χ4v) is 7.19. The molecule has 0 aliphatic rings. The molecule has 14 heteroatoms. The number of ether oxygens (including phenoxy) is 1. The first-order chi connectivity index (χ1) is 23.2. The van der Waals surface area contributed by atoms with Gasteiger partial charge in [-0.1, -0.05) is 43.9 Å². The van der Waals surface area contributed by atoms with Crippen LogP contribution in [0.5, 0.6) is 0 Å². The lowest BCUT2D eigenvalue weighted by atomic mass is 10.00. The van der Waals surface area contributed by atoms with Crippen LogP contribution in [0.3, 0.4) is 0 Å². The fraction of sp³-hybridized carbons (Fsp3) is 0.314. The second-order valence-corrected chi connectivity index (χ2v) is 21.0. The molecule has 4 aromatic heterocycles. The molecule has 0 radical (unpaired) electrons. The van der Waals surface area contributed by atoms with Crippen LogP contribution in [0, 0.1) is 13.8 Å². The zero-order chi connectivity index (χ0) is 35.1. The van der Waals surface area contributed by atoms with E-state index < -0.39 is 24.1 Å². The van der Waals surface area contributed by atoms with Gasteiger partial charge in [0.05, 0.1) is 23.4 Å². The van der Waals surface area contributed by atoms with Crippen molar-refractivity contribution in [2.45, 2.75) is 59.2 Å². The summed E-state index contributed by atoms with van der Waals surface area (Å²) in [6.07, 6.45) is 6.40. The highest BCUT2D eigenvalue weighted by Gasteiger charge is 2.24. The number of benzene rings is 2. The molecule has 0 saturated carbocycles. The molecule has 4 heterocycles. The predicted octanol–water partition coefficient (Wildman–Crippen LogP) is 6.37. The van der Waals surface area contributed by atoms with Gasteiger partial charge in [-0.2, -0.15) is 5.10 Å². The highest BCUT2D eigenvalue weighted by molar-refractivity contribution is 7.92. The molecule has 0 unspecified atom stereocenters. The Balaban J connectivity index is 1.49. The second kappa shape index (κ2) is 13.3. The number of nitrogens with one attached hydrogen (secondary N) is 2. The van der Waals surface area contributed by atoms with Gasteiger partial charge in [-0.15, -0.1) is 0 Å². The van der Waals surface area contributed by atoms with Gasteiger partial charge in [-0.05, 0) is 73.8 Å². The van der Waals surface area contributed by atoms with Crippen molar-refractivity contribution >= 4 is 46.2 Å². The largest absolute Gasteiger partial charge is 0.361 e. The molecule has 0 aliphatic carbocycles. The van der Waals surface area contributed by atoms with E-state index >= 15 is 0 Å². The van der Waals surface area contributed by atoms with Crippen molar-refractivity contribution in [3.8, 4) is 16.8 Å². The summed E-state index contributed by atoms with van der Waals surface area (Å²) >= 11 is 0. The van der Waals surface area contributed by atoms with Crippen LogP contribution in [0.2, 0.25) is 25.7 Å². The maximum atomic E-state index is 14.0. The SMILES string of the molecule is Cc1ccc(NS(C)(=O)=O)cc1-c1cn(COCC[Si](C)(C)C)c2ncnc(N[C@@H](C)c3nn4ccc(C)c4c(=O)n3-c3ccccc3)c12. The van der Waals surface area contributed by atoms with Gasteiger partial charge >= 0.3 is 0 Å². The third-order valence-corrected chi connectivity index (χ3v) is 10.7. The molecule has 0 amide bonds. The normalized spacial score (nSPS) is 12.9. The maximum Gasteiger partial charge on any atom is 0.282 e. The van der Waals surface area contributed by atoms with Crippen LogP contribution in [0.1, 0.15) is 29.9 Å². The Morgan fingerprint density at radius 2 is 1.73 bits per heavy atom. The van der Waals surface area contributed by atoms with Crippen molar-refractivity contribution in [1.82, 2.24) is 28.7 Å². The van der Waals surface area contributed by atoms with Gasteiger partial charge in [-0.25, -0.2) is 22.9 Å². The van der Waals surface area contributed by atoms with Crippen LogP contribution >= 0.6 is 0 Å². The molecule has 0 fully saturated rings. The van der Waals surface area contributed by atoms with Crippen LogP contribution in [0.15, 0.2) is 78.1 Å². The zero-order valence-corrected chi connectivity index (χ0v) is 30.7. The van der Waals surface area contributed by atoms with Crippen LogP contribution in [-0.4, -0.2) is 58.1 Å².